The molecule has 0 spiro atoms. The molecule has 0 saturated carbocycles. The summed E-state index contributed by atoms with van der Waals surface area (Å²) in [5, 5.41) is 2.55. The third-order valence-electron chi connectivity index (χ3n) is 3.39. The van der Waals surface area contributed by atoms with Crippen LogP contribution in [0.25, 0.3) is 0 Å². The fourth-order valence-corrected chi connectivity index (χ4v) is 2.16. The first-order valence-corrected chi connectivity index (χ1v) is 7.75. The van der Waals surface area contributed by atoms with Crippen molar-refractivity contribution < 1.29 is 23.9 Å². The molecule has 0 aliphatic carbocycles. The Hall–Kier alpha value is -2.99. The molecule has 0 aliphatic rings. The molecule has 0 heterocycles. The number of amides is 1. The predicted molar refractivity (Wildman–Crippen MR) is 91.5 cm³/mol. The van der Waals surface area contributed by atoms with Crippen LogP contribution < -0.4 is 5.32 Å². The molecule has 0 aliphatic heterocycles. The number of hydrogen-bond donors (Lipinski definition) is 1. The number of ether oxygens (including phenoxy) is 2. The number of carbonyl (C=O) groups is 3. The lowest BCUT2D eigenvalue weighted by molar-refractivity contribution is -0.124. The quantitative estimate of drug-likeness (QED) is 0.450. The fourth-order valence-electron chi connectivity index (χ4n) is 2.16. The van der Waals surface area contributed by atoms with Crippen molar-refractivity contribution in [1.29, 1.82) is 0 Å². The monoisotopic (exact) mass is 341 g/mol. The number of esters is 1. The van der Waals surface area contributed by atoms with Crippen LogP contribution in [0.3, 0.4) is 0 Å². The van der Waals surface area contributed by atoms with Gasteiger partial charge in [0.05, 0.1) is 12.2 Å². The summed E-state index contributed by atoms with van der Waals surface area (Å²) in [5.41, 5.74) is 0.833. The minimum atomic E-state index is -0.721. The maximum absolute atomic E-state index is 12.6. The van der Waals surface area contributed by atoms with Gasteiger partial charge in [0.2, 0.25) is 0 Å². The summed E-state index contributed by atoms with van der Waals surface area (Å²) in [5.74, 6) is -1.43. The molecule has 2 aromatic rings. The molecule has 2 aromatic carbocycles. The highest BCUT2D eigenvalue weighted by atomic mass is 16.5. The Morgan fingerprint density at radius 3 is 2.24 bits per heavy atom. The van der Waals surface area contributed by atoms with E-state index >= 15 is 0 Å². The number of hydrogen-bond acceptors (Lipinski definition) is 5. The zero-order chi connectivity index (χ0) is 18.1. The highest BCUT2D eigenvalue weighted by Crippen LogP contribution is 2.15. The molecule has 25 heavy (non-hydrogen) atoms. The van der Waals surface area contributed by atoms with E-state index in [9.17, 15) is 14.4 Å². The Kier molecular flexibility index (Phi) is 6.86. The van der Waals surface area contributed by atoms with Crippen molar-refractivity contribution in [2.24, 2.45) is 0 Å². The Morgan fingerprint density at radius 1 is 0.920 bits per heavy atom. The molecule has 0 saturated heterocycles. The van der Waals surface area contributed by atoms with E-state index in [1.54, 1.807) is 48.5 Å². The van der Waals surface area contributed by atoms with Crippen LogP contribution in [0.1, 0.15) is 26.3 Å². The Bertz CT molecular complexity index is 742. The Balaban J connectivity index is 2.06. The van der Waals surface area contributed by atoms with Gasteiger partial charge < -0.3 is 14.8 Å². The largest absolute Gasteiger partial charge is 0.452 e. The molecule has 1 N–H and O–H groups in total. The normalized spacial score (nSPS) is 10.1. The topological polar surface area (TPSA) is 81.7 Å². The van der Waals surface area contributed by atoms with E-state index in [4.69, 9.17) is 9.47 Å². The van der Waals surface area contributed by atoms with E-state index in [2.05, 4.69) is 5.32 Å². The van der Waals surface area contributed by atoms with Gasteiger partial charge in [-0.3, -0.25) is 9.59 Å². The molecule has 0 fully saturated rings. The van der Waals surface area contributed by atoms with Crippen molar-refractivity contribution in [2.45, 2.75) is 0 Å². The summed E-state index contributed by atoms with van der Waals surface area (Å²) < 4.78 is 9.81. The molecule has 6 heteroatoms. The Morgan fingerprint density at radius 2 is 1.56 bits per heavy atom. The third-order valence-corrected chi connectivity index (χ3v) is 3.39. The van der Waals surface area contributed by atoms with Crippen molar-refractivity contribution in [3.8, 4) is 0 Å². The molecule has 0 radical (unpaired) electrons. The van der Waals surface area contributed by atoms with Crippen LogP contribution in [0.15, 0.2) is 54.6 Å². The zero-order valence-corrected chi connectivity index (χ0v) is 13.9. The van der Waals surface area contributed by atoms with Crippen molar-refractivity contribution in [3.63, 3.8) is 0 Å². The van der Waals surface area contributed by atoms with Crippen molar-refractivity contribution in [1.82, 2.24) is 5.32 Å². The van der Waals surface area contributed by atoms with Gasteiger partial charge in [-0.25, -0.2) is 4.79 Å². The highest BCUT2D eigenvalue weighted by molar-refractivity contribution is 6.14. The number of methoxy groups -OCH3 is 1. The maximum Gasteiger partial charge on any atom is 0.339 e. The van der Waals surface area contributed by atoms with E-state index in [0.29, 0.717) is 18.7 Å². The van der Waals surface area contributed by atoms with Crippen LogP contribution in [0, 0.1) is 0 Å². The van der Waals surface area contributed by atoms with E-state index in [0.717, 1.165) is 0 Å². The van der Waals surface area contributed by atoms with Gasteiger partial charge in [0, 0.05) is 24.8 Å². The standard InChI is InChI=1S/C19H19NO5/c1-24-12-11-20-17(21)13-25-19(23)16-10-6-5-9-15(16)18(22)14-7-3-2-4-8-14/h2-10H,11-13H2,1H3,(H,20,21). The zero-order valence-electron chi connectivity index (χ0n) is 13.9. The molecule has 0 bridgehead atoms. The molecule has 0 aromatic heterocycles. The number of carbonyl (C=O) groups excluding carboxylic acids is 3. The van der Waals surface area contributed by atoms with Gasteiger partial charge in [0.25, 0.3) is 5.91 Å². The van der Waals surface area contributed by atoms with Crippen LogP contribution in [0.2, 0.25) is 0 Å². The van der Waals surface area contributed by atoms with E-state index in [1.807, 2.05) is 0 Å². The number of nitrogens with one attached hydrogen (secondary N) is 1. The first-order valence-electron chi connectivity index (χ1n) is 7.75. The molecule has 0 atom stereocenters. The SMILES string of the molecule is COCCNC(=O)COC(=O)c1ccccc1C(=O)c1ccccc1. The van der Waals surface area contributed by atoms with Gasteiger partial charge in [-0.1, -0.05) is 48.5 Å². The van der Waals surface area contributed by atoms with Gasteiger partial charge in [0.1, 0.15) is 0 Å². The fraction of sp³-hybridized carbons (Fsp3) is 0.211. The molecular formula is C19H19NO5. The summed E-state index contributed by atoms with van der Waals surface area (Å²) in [4.78, 5) is 36.4. The van der Waals surface area contributed by atoms with Gasteiger partial charge in [0.15, 0.2) is 12.4 Å². The van der Waals surface area contributed by atoms with Gasteiger partial charge in [-0.15, -0.1) is 0 Å². The van der Waals surface area contributed by atoms with E-state index < -0.39 is 18.5 Å². The molecule has 130 valence electrons. The lowest BCUT2D eigenvalue weighted by Crippen LogP contribution is -2.31. The number of ketones is 1. The maximum atomic E-state index is 12.6. The molecule has 6 nitrogen and oxygen atoms in total. The average Bonchev–Trinajstić information content (AvgIpc) is 2.66. The van der Waals surface area contributed by atoms with Crippen molar-refractivity contribution in [3.05, 3.63) is 71.3 Å². The minimum absolute atomic E-state index is 0.126. The Labute approximate surface area is 145 Å². The van der Waals surface area contributed by atoms with Gasteiger partial charge in [-0.05, 0) is 6.07 Å². The van der Waals surface area contributed by atoms with Crippen molar-refractivity contribution in [2.75, 3.05) is 26.9 Å². The summed E-state index contributed by atoms with van der Waals surface area (Å²) in [6.07, 6.45) is 0. The van der Waals surface area contributed by atoms with E-state index in [1.165, 1.54) is 13.2 Å². The van der Waals surface area contributed by atoms with Crippen LogP contribution >= 0.6 is 0 Å². The highest BCUT2D eigenvalue weighted by Gasteiger charge is 2.19. The average molecular weight is 341 g/mol. The summed E-state index contributed by atoms with van der Waals surface area (Å²) >= 11 is 0. The van der Waals surface area contributed by atoms with Crippen LogP contribution in [0.5, 0.6) is 0 Å². The minimum Gasteiger partial charge on any atom is -0.452 e. The van der Waals surface area contributed by atoms with Crippen LogP contribution in [-0.4, -0.2) is 44.5 Å². The second-order valence-corrected chi connectivity index (χ2v) is 5.16. The second-order valence-electron chi connectivity index (χ2n) is 5.16. The first kappa shape index (κ1) is 18.4. The number of rotatable bonds is 8. The predicted octanol–water partition coefficient (Wildman–Crippen LogP) is 1.84. The first-order chi connectivity index (χ1) is 12.1. The van der Waals surface area contributed by atoms with Crippen molar-refractivity contribution >= 4 is 17.7 Å². The molecule has 1 amide bonds. The summed E-state index contributed by atoms with van der Waals surface area (Å²) in [6, 6.07) is 15.0. The molecule has 0 unspecified atom stereocenters. The lowest BCUT2D eigenvalue weighted by atomic mass is 9.98. The van der Waals surface area contributed by atoms with Gasteiger partial charge >= 0.3 is 5.97 Å². The summed E-state index contributed by atoms with van der Waals surface area (Å²) in [6.45, 7) is 0.278. The second kappa shape index (κ2) is 9.34. The summed E-state index contributed by atoms with van der Waals surface area (Å²) in [7, 11) is 1.52. The molecule has 2 rings (SSSR count). The molecular weight excluding hydrogens is 322 g/mol. The van der Waals surface area contributed by atoms with Crippen LogP contribution in [-0.2, 0) is 14.3 Å². The third kappa shape index (κ3) is 5.26. The smallest absolute Gasteiger partial charge is 0.339 e. The lowest BCUT2D eigenvalue weighted by Gasteiger charge is -2.09. The van der Waals surface area contributed by atoms with Crippen LogP contribution in [0.4, 0.5) is 0 Å². The number of benzene rings is 2. The van der Waals surface area contributed by atoms with Gasteiger partial charge in [-0.2, -0.15) is 0 Å². The van der Waals surface area contributed by atoms with E-state index in [-0.39, 0.29) is 16.9 Å².